The Labute approximate surface area is 219 Å². The highest BCUT2D eigenvalue weighted by Crippen LogP contribution is 2.34. The monoisotopic (exact) mass is 529 g/mol. The molecule has 0 bridgehead atoms. The van der Waals surface area contributed by atoms with Crippen molar-refractivity contribution in [3.05, 3.63) is 97.5 Å². The van der Waals surface area contributed by atoms with Crippen molar-refractivity contribution in [3.8, 4) is 28.2 Å². The molecule has 2 heterocycles. The molecule has 5 rings (SSSR count). The van der Waals surface area contributed by atoms with E-state index in [1.54, 1.807) is 0 Å². The van der Waals surface area contributed by atoms with E-state index in [-0.39, 0.29) is 11.5 Å². The van der Waals surface area contributed by atoms with Gasteiger partial charge in [-0.3, -0.25) is 20.2 Å². The Balaban J connectivity index is 1.46. The van der Waals surface area contributed by atoms with E-state index in [4.69, 9.17) is 0 Å². The van der Waals surface area contributed by atoms with Crippen LogP contribution in [0.5, 0.6) is 0 Å². The first kappa shape index (κ1) is 24.6. The lowest BCUT2D eigenvalue weighted by Gasteiger charge is -2.11. The molecular weight excluding hydrogens is 510 g/mol. The Morgan fingerprint density at radius 3 is 2.37 bits per heavy atom. The first-order chi connectivity index (χ1) is 18.4. The predicted octanol–water partition coefficient (Wildman–Crippen LogP) is 4.84. The molecule has 14 heteroatoms. The van der Waals surface area contributed by atoms with E-state index < -0.39 is 21.2 Å². The fourth-order valence-electron chi connectivity index (χ4n) is 3.85. The van der Waals surface area contributed by atoms with Gasteiger partial charge < -0.3 is 5.32 Å². The summed E-state index contributed by atoms with van der Waals surface area (Å²) in [5.41, 5.74) is 2.51. The summed E-state index contributed by atoms with van der Waals surface area (Å²) in [4.78, 5) is 21.5. The summed E-state index contributed by atoms with van der Waals surface area (Å²) in [5, 5.41) is 47.9. The van der Waals surface area contributed by atoms with Gasteiger partial charge in [0.25, 0.3) is 5.69 Å². The second-order valence-corrected chi connectivity index (χ2v) is 9.11. The number of aryl methyl sites for hydroxylation is 1. The third kappa shape index (κ3) is 4.92. The Kier molecular flexibility index (Phi) is 6.78. The second-order valence-electron chi connectivity index (χ2n) is 8.05. The molecular formula is C24H19N9O4S. The molecule has 1 N–H and O–H groups in total. The summed E-state index contributed by atoms with van der Waals surface area (Å²) < 4.78 is 1.21. The van der Waals surface area contributed by atoms with Gasteiger partial charge in [0.15, 0.2) is 5.82 Å². The van der Waals surface area contributed by atoms with Crippen LogP contribution in [0.1, 0.15) is 17.5 Å². The molecule has 13 nitrogen and oxygen atoms in total. The van der Waals surface area contributed by atoms with Crippen molar-refractivity contribution in [2.75, 3.05) is 5.32 Å². The molecule has 0 amide bonds. The number of nitrogens with one attached hydrogen (secondary N) is 1. The Bertz CT molecular complexity index is 1630. The van der Waals surface area contributed by atoms with Gasteiger partial charge in [-0.05, 0) is 39.6 Å². The summed E-state index contributed by atoms with van der Waals surface area (Å²) in [5.74, 6) is 0.256. The van der Waals surface area contributed by atoms with Crippen LogP contribution >= 0.6 is 11.3 Å². The average Bonchev–Trinajstić information content (AvgIpc) is 3.61. The smallest absolute Gasteiger partial charge is 0.301 e. The molecule has 0 saturated carbocycles. The van der Waals surface area contributed by atoms with Gasteiger partial charge in [0.1, 0.15) is 10.7 Å². The molecule has 3 aromatic carbocycles. The molecule has 5 aromatic rings. The SMILES string of the molecule is CCc1nnc(NCc2ccc(-c3ccccc3-c3nnnn3-c3ccc([N+](=O)[O-])cc3[N+](=O)[O-])cc2)s1. The number of nitrogens with zero attached hydrogens (tertiary/aromatic N) is 8. The zero-order chi connectivity index (χ0) is 26.6. The van der Waals surface area contributed by atoms with E-state index in [1.807, 2.05) is 55.5 Å². The van der Waals surface area contributed by atoms with Crippen molar-refractivity contribution in [1.82, 2.24) is 30.4 Å². The van der Waals surface area contributed by atoms with Gasteiger partial charge in [-0.15, -0.1) is 15.3 Å². The first-order valence-corrected chi connectivity index (χ1v) is 12.2. The molecule has 190 valence electrons. The van der Waals surface area contributed by atoms with Gasteiger partial charge in [0, 0.05) is 18.2 Å². The fourth-order valence-corrected chi connectivity index (χ4v) is 4.52. The van der Waals surface area contributed by atoms with Crippen LogP contribution < -0.4 is 5.32 Å². The number of non-ortho nitro benzene ring substituents is 1. The number of hydrogen-bond acceptors (Lipinski definition) is 11. The molecule has 0 radical (unpaired) electrons. The molecule has 0 fully saturated rings. The predicted molar refractivity (Wildman–Crippen MR) is 140 cm³/mol. The van der Waals surface area contributed by atoms with E-state index in [9.17, 15) is 20.2 Å². The lowest BCUT2D eigenvalue weighted by atomic mass is 9.98. The molecule has 0 spiro atoms. The van der Waals surface area contributed by atoms with E-state index in [1.165, 1.54) is 28.2 Å². The van der Waals surface area contributed by atoms with Crippen molar-refractivity contribution in [3.63, 3.8) is 0 Å². The number of anilines is 1. The molecule has 0 atom stereocenters. The number of nitro benzene ring substituents is 2. The quantitative estimate of drug-likeness (QED) is 0.206. The molecule has 0 aliphatic heterocycles. The van der Waals surface area contributed by atoms with Gasteiger partial charge in [-0.1, -0.05) is 66.8 Å². The third-order valence-electron chi connectivity index (χ3n) is 5.71. The molecule has 0 unspecified atom stereocenters. The van der Waals surface area contributed by atoms with Crippen molar-refractivity contribution >= 4 is 27.8 Å². The summed E-state index contributed by atoms with van der Waals surface area (Å²) in [7, 11) is 0. The van der Waals surface area contributed by atoms with E-state index >= 15 is 0 Å². The van der Waals surface area contributed by atoms with Crippen molar-refractivity contribution in [1.29, 1.82) is 0 Å². The second kappa shape index (κ2) is 10.5. The zero-order valence-corrected chi connectivity index (χ0v) is 20.7. The molecule has 2 aromatic heterocycles. The number of hydrogen-bond donors (Lipinski definition) is 1. The normalized spacial score (nSPS) is 10.9. The number of aromatic nitrogens is 6. The molecule has 0 saturated heterocycles. The Morgan fingerprint density at radius 1 is 0.921 bits per heavy atom. The van der Waals surface area contributed by atoms with Crippen LogP contribution in [0.25, 0.3) is 28.2 Å². The summed E-state index contributed by atoms with van der Waals surface area (Å²) in [6.07, 6.45) is 0.842. The highest BCUT2D eigenvalue weighted by molar-refractivity contribution is 7.15. The van der Waals surface area contributed by atoms with Gasteiger partial charge >= 0.3 is 5.69 Å². The zero-order valence-electron chi connectivity index (χ0n) is 19.9. The van der Waals surface area contributed by atoms with Crippen molar-refractivity contribution in [2.24, 2.45) is 0 Å². The number of tetrazole rings is 1. The van der Waals surface area contributed by atoms with Crippen LogP contribution in [0.4, 0.5) is 16.5 Å². The highest BCUT2D eigenvalue weighted by Gasteiger charge is 2.25. The largest absolute Gasteiger partial charge is 0.356 e. The van der Waals surface area contributed by atoms with Crippen LogP contribution in [-0.4, -0.2) is 40.3 Å². The number of nitro groups is 2. The minimum Gasteiger partial charge on any atom is -0.356 e. The van der Waals surface area contributed by atoms with E-state index in [2.05, 4.69) is 31.0 Å². The average molecular weight is 530 g/mol. The minimum absolute atomic E-state index is 0.0136. The van der Waals surface area contributed by atoms with Crippen LogP contribution in [0, 0.1) is 20.2 Å². The fraction of sp³-hybridized carbons (Fsp3) is 0.125. The number of benzene rings is 3. The van der Waals surface area contributed by atoms with Crippen LogP contribution in [-0.2, 0) is 13.0 Å². The minimum atomic E-state index is -0.697. The Morgan fingerprint density at radius 2 is 1.68 bits per heavy atom. The topological polar surface area (TPSA) is 168 Å². The van der Waals surface area contributed by atoms with Crippen LogP contribution in [0.2, 0.25) is 0 Å². The number of rotatable bonds is 9. The molecule has 38 heavy (non-hydrogen) atoms. The summed E-state index contributed by atoms with van der Waals surface area (Å²) in [6.45, 7) is 2.62. The van der Waals surface area contributed by atoms with Gasteiger partial charge in [0.2, 0.25) is 5.13 Å². The molecule has 0 aliphatic rings. The summed E-state index contributed by atoms with van der Waals surface area (Å²) >= 11 is 1.53. The lowest BCUT2D eigenvalue weighted by Crippen LogP contribution is -2.05. The van der Waals surface area contributed by atoms with Gasteiger partial charge in [0.05, 0.1) is 15.9 Å². The maximum Gasteiger partial charge on any atom is 0.301 e. The maximum atomic E-state index is 11.7. The van der Waals surface area contributed by atoms with Crippen molar-refractivity contribution in [2.45, 2.75) is 19.9 Å². The third-order valence-corrected chi connectivity index (χ3v) is 6.74. The van der Waals surface area contributed by atoms with Crippen LogP contribution in [0.3, 0.4) is 0 Å². The summed E-state index contributed by atoms with van der Waals surface area (Å²) in [6, 6.07) is 18.7. The van der Waals surface area contributed by atoms with E-state index in [0.29, 0.717) is 12.1 Å². The standard InChI is InChI=1S/C24H19N9O4S/c1-2-22-26-28-24(38-22)25-14-15-7-9-16(10-8-15)18-5-3-4-6-19(18)23-27-29-30-31(23)20-12-11-17(32(34)35)13-21(20)33(36)37/h3-13H,2,14H2,1H3,(H,25,28). The Hall–Kier alpha value is -5.11. The highest BCUT2D eigenvalue weighted by atomic mass is 32.1. The lowest BCUT2D eigenvalue weighted by molar-refractivity contribution is -0.394. The molecule has 0 aliphatic carbocycles. The van der Waals surface area contributed by atoms with E-state index in [0.717, 1.165) is 39.3 Å². The maximum absolute atomic E-state index is 11.7. The first-order valence-electron chi connectivity index (χ1n) is 11.4. The van der Waals surface area contributed by atoms with Crippen LogP contribution in [0.15, 0.2) is 66.7 Å². The van der Waals surface area contributed by atoms with Gasteiger partial charge in [-0.25, -0.2) is 0 Å². The van der Waals surface area contributed by atoms with Crippen molar-refractivity contribution < 1.29 is 9.85 Å². The van der Waals surface area contributed by atoms with Gasteiger partial charge in [-0.2, -0.15) is 4.68 Å².